The lowest BCUT2D eigenvalue weighted by molar-refractivity contribution is 0.0598. The van der Waals surface area contributed by atoms with Crippen molar-refractivity contribution in [2.24, 2.45) is 0 Å². The van der Waals surface area contributed by atoms with Gasteiger partial charge in [0, 0.05) is 12.7 Å². The Morgan fingerprint density at radius 3 is 2.85 bits per heavy atom. The minimum Gasteiger partial charge on any atom is -0.465 e. The van der Waals surface area contributed by atoms with Gasteiger partial charge < -0.3 is 9.30 Å². The Hall–Kier alpha value is -1.58. The van der Waals surface area contributed by atoms with Gasteiger partial charge in [0.15, 0.2) is 6.29 Å². The first-order valence-electron chi connectivity index (χ1n) is 3.97. The number of methoxy groups -OCH3 is 1. The first kappa shape index (κ1) is 9.51. The third-order valence-corrected chi connectivity index (χ3v) is 1.86. The Kier molecular flexibility index (Phi) is 2.84. The number of hydrogen-bond acceptors (Lipinski definition) is 3. The first-order valence-corrected chi connectivity index (χ1v) is 3.97. The molecule has 0 fully saturated rings. The number of esters is 1. The van der Waals surface area contributed by atoms with Crippen molar-refractivity contribution in [3.05, 3.63) is 23.5 Å². The van der Waals surface area contributed by atoms with Gasteiger partial charge in [-0.2, -0.15) is 0 Å². The molecule has 0 bridgehead atoms. The van der Waals surface area contributed by atoms with E-state index in [1.807, 2.05) is 6.92 Å². The zero-order valence-corrected chi connectivity index (χ0v) is 7.61. The molecular formula is C9H11NO3. The van der Waals surface area contributed by atoms with Crippen molar-refractivity contribution in [3.8, 4) is 0 Å². The molecule has 1 aromatic rings. The molecule has 4 nitrogen and oxygen atoms in total. The van der Waals surface area contributed by atoms with Gasteiger partial charge in [-0.3, -0.25) is 4.79 Å². The molecule has 0 spiro atoms. The predicted octanol–water partition coefficient (Wildman–Crippen LogP) is 1.11. The summed E-state index contributed by atoms with van der Waals surface area (Å²) in [6, 6.07) is 1.58. The van der Waals surface area contributed by atoms with Crippen LogP contribution in [0.5, 0.6) is 0 Å². The Labute approximate surface area is 76.1 Å². The summed E-state index contributed by atoms with van der Waals surface area (Å²) in [4.78, 5) is 21.8. The van der Waals surface area contributed by atoms with E-state index in [4.69, 9.17) is 0 Å². The molecule has 0 aromatic carbocycles. The SMILES string of the molecule is CCn1ccc(C(=O)OC)c1C=O. The highest BCUT2D eigenvalue weighted by atomic mass is 16.5. The fraction of sp³-hybridized carbons (Fsp3) is 0.333. The number of rotatable bonds is 3. The van der Waals surface area contributed by atoms with E-state index < -0.39 is 5.97 Å². The van der Waals surface area contributed by atoms with Crippen LogP contribution in [0, 0.1) is 0 Å². The Bertz CT molecular complexity index is 328. The maximum Gasteiger partial charge on any atom is 0.340 e. The van der Waals surface area contributed by atoms with Gasteiger partial charge in [-0.25, -0.2) is 4.79 Å². The van der Waals surface area contributed by atoms with E-state index in [0.29, 0.717) is 24.1 Å². The van der Waals surface area contributed by atoms with Gasteiger partial charge in [-0.15, -0.1) is 0 Å². The third-order valence-electron chi connectivity index (χ3n) is 1.86. The number of aryl methyl sites for hydroxylation is 1. The van der Waals surface area contributed by atoms with Gasteiger partial charge in [-0.1, -0.05) is 0 Å². The maximum atomic E-state index is 11.1. The van der Waals surface area contributed by atoms with Crippen molar-refractivity contribution < 1.29 is 14.3 Å². The van der Waals surface area contributed by atoms with Crippen LogP contribution in [0.2, 0.25) is 0 Å². The summed E-state index contributed by atoms with van der Waals surface area (Å²) >= 11 is 0. The fourth-order valence-electron chi connectivity index (χ4n) is 1.17. The van der Waals surface area contributed by atoms with Gasteiger partial charge in [0.2, 0.25) is 0 Å². The molecule has 0 atom stereocenters. The van der Waals surface area contributed by atoms with Crippen LogP contribution in [0.15, 0.2) is 12.3 Å². The molecule has 13 heavy (non-hydrogen) atoms. The molecule has 1 aromatic heterocycles. The number of nitrogens with zero attached hydrogens (tertiary/aromatic N) is 1. The fourth-order valence-corrected chi connectivity index (χ4v) is 1.17. The Morgan fingerprint density at radius 2 is 2.38 bits per heavy atom. The standard InChI is InChI=1S/C9H11NO3/c1-3-10-5-4-7(8(10)6-11)9(12)13-2/h4-6H,3H2,1-2H3. The lowest BCUT2D eigenvalue weighted by Gasteiger charge is -2.01. The Morgan fingerprint density at radius 1 is 1.69 bits per heavy atom. The van der Waals surface area contributed by atoms with Crippen LogP contribution < -0.4 is 0 Å². The van der Waals surface area contributed by atoms with Crippen molar-refractivity contribution in [2.75, 3.05) is 7.11 Å². The number of aldehydes is 1. The van der Waals surface area contributed by atoms with Crippen molar-refractivity contribution in [3.63, 3.8) is 0 Å². The number of carbonyl (C=O) groups excluding carboxylic acids is 2. The number of aromatic nitrogens is 1. The minimum absolute atomic E-state index is 0.319. The van der Waals surface area contributed by atoms with Crippen LogP contribution in [0.3, 0.4) is 0 Å². The van der Waals surface area contributed by atoms with Gasteiger partial charge >= 0.3 is 5.97 Å². The van der Waals surface area contributed by atoms with E-state index in [1.54, 1.807) is 16.8 Å². The molecule has 0 N–H and O–H groups in total. The molecule has 0 aliphatic carbocycles. The summed E-state index contributed by atoms with van der Waals surface area (Å²) in [7, 11) is 1.29. The lowest BCUT2D eigenvalue weighted by Crippen LogP contribution is -2.06. The van der Waals surface area contributed by atoms with Crippen LogP contribution in [-0.4, -0.2) is 23.9 Å². The van der Waals surface area contributed by atoms with E-state index in [0.717, 1.165) is 0 Å². The third kappa shape index (κ3) is 1.61. The zero-order valence-electron chi connectivity index (χ0n) is 7.61. The summed E-state index contributed by atoms with van der Waals surface area (Å²) in [5, 5.41) is 0. The van der Waals surface area contributed by atoms with E-state index in [9.17, 15) is 9.59 Å². The second kappa shape index (κ2) is 3.89. The van der Waals surface area contributed by atoms with Crippen molar-refractivity contribution in [2.45, 2.75) is 13.5 Å². The molecule has 4 heteroatoms. The second-order valence-electron chi connectivity index (χ2n) is 2.51. The second-order valence-corrected chi connectivity index (χ2v) is 2.51. The molecule has 0 amide bonds. The lowest BCUT2D eigenvalue weighted by atomic mass is 10.2. The van der Waals surface area contributed by atoms with Crippen molar-refractivity contribution in [1.82, 2.24) is 4.57 Å². The normalized spacial score (nSPS) is 9.69. The summed E-state index contributed by atoms with van der Waals surface area (Å²) in [6.45, 7) is 2.55. The number of hydrogen-bond donors (Lipinski definition) is 0. The monoisotopic (exact) mass is 181 g/mol. The quantitative estimate of drug-likeness (QED) is 0.518. The molecule has 0 saturated carbocycles. The smallest absolute Gasteiger partial charge is 0.340 e. The van der Waals surface area contributed by atoms with Crippen LogP contribution in [0.4, 0.5) is 0 Å². The molecule has 0 aliphatic heterocycles. The van der Waals surface area contributed by atoms with Crippen LogP contribution in [0.1, 0.15) is 27.8 Å². The van der Waals surface area contributed by atoms with Crippen molar-refractivity contribution in [1.29, 1.82) is 0 Å². The molecule has 0 saturated heterocycles. The van der Waals surface area contributed by atoms with Crippen LogP contribution >= 0.6 is 0 Å². The highest BCUT2D eigenvalue weighted by molar-refractivity contribution is 5.97. The topological polar surface area (TPSA) is 48.3 Å². The molecule has 70 valence electrons. The minimum atomic E-state index is -0.477. The Balaban J connectivity index is 3.15. The van der Waals surface area contributed by atoms with E-state index in [-0.39, 0.29) is 0 Å². The summed E-state index contributed by atoms with van der Waals surface area (Å²) in [5.74, 6) is -0.477. The summed E-state index contributed by atoms with van der Waals surface area (Å²) in [6.07, 6.45) is 2.35. The van der Waals surface area contributed by atoms with Gasteiger partial charge in [-0.05, 0) is 13.0 Å². The van der Waals surface area contributed by atoms with Gasteiger partial charge in [0.1, 0.15) is 0 Å². The highest BCUT2D eigenvalue weighted by Crippen LogP contribution is 2.09. The molecule has 1 heterocycles. The summed E-state index contributed by atoms with van der Waals surface area (Å²) in [5.41, 5.74) is 0.689. The molecule has 0 radical (unpaired) electrons. The maximum absolute atomic E-state index is 11.1. The van der Waals surface area contributed by atoms with Crippen LogP contribution in [0.25, 0.3) is 0 Å². The number of ether oxygens (including phenoxy) is 1. The van der Waals surface area contributed by atoms with Gasteiger partial charge in [0.05, 0.1) is 18.4 Å². The average Bonchev–Trinajstić information content (AvgIpc) is 2.58. The number of carbonyl (C=O) groups is 2. The highest BCUT2D eigenvalue weighted by Gasteiger charge is 2.14. The van der Waals surface area contributed by atoms with Crippen molar-refractivity contribution >= 4 is 12.3 Å². The zero-order chi connectivity index (χ0) is 9.84. The largest absolute Gasteiger partial charge is 0.465 e. The molecular weight excluding hydrogens is 170 g/mol. The first-order chi connectivity index (χ1) is 6.24. The average molecular weight is 181 g/mol. The van der Waals surface area contributed by atoms with Gasteiger partial charge in [0.25, 0.3) is 0 Å². The van der Waals surface area contributed by atoms with E-state index in [2.05, 4.69) is 4.74 Å². The van der Waals surface area contributed by atoms with Crippen LogP contribution in [-0.2, 0) is 11.3 Å². The molecule has 0 unspecified atom stereocenters. The van der Waals surface area contributed by atoms with E-state index >= 15 is 0 Å². The predicted molar refractivity (Wildman–Crippen MR) is 46.8 cm³/mol. The summed E-state index contributed by atoms with van der Waals surface area (Å²) < 4.78 is 6.22. The molecule has 0 aliphatic rings. The molecule has 1 rings (SSSR count). The van der Waals surface area contributed by atoms with E-state index in [1.165, 1.54) is 7.11 Å².